The number of unbranched alkanes of at least 4 members (excludes halogenated alkanes) is 1. The van der Waals surface area contributed by atoms with Crippen LogP contribution in [0.2, 0.25) is 0 Å². The van der Waals surface area contributed by atoms with Crippen molar-refractivity contribution in [3.05, 3.63) is 28.3 Å². The highest BCUT2D eigenvalue weighted by Crippen LogP contribution is 2.33. The molecule has 0 saturated carbocycles. The van der Waals surface area contributed by atoms with E-state index in [-0.39, 0.29) is 10.6 Å². The Balaban J connectivity index is 3.35. The highest BCUT2D eigenvalue weighted by atomic mass is 32.2. The second kappa shape index (κ2) is 6.67. The molecule has 0 aliphatic rings. The first kappa shape index (κ1) is 16.4. The fraction of sp³-hybridized carbons (Fsp3) is 0.500. The zero-order chi connectivity index (χ0) is 15.3. The van der Waals surface area contributed by atoms with Gasteiger partial charge in [0.1, 0.15) is 5.69 Å². The van der Waals surface area contributed by atoms with E-state index in [1.54, 1.807) is 0 Å². The number of hydrogen-bond acceptors (Lipinski definition) is 5. The Labute approximate surface area is 118 Å². The van der Waals surface area contributed by atoms with Crippen LogP contribution in [0.25, 0.3) is 0 Å². The van der Waals surface area contributed by atoms with Crippen molar-refractivity contribution >= 4 is 21.4 Å². The number of sulfonamides is 1. The molecule has 0 radical (unpaired) electrons. The largest absolute Gasteiger partial charge is 0.383 e. The van der Waals surface area contributed by atoms with E-state index in [1.165, 1.54) is 32.3 Å². The maximum Gasteiger partial charge on any atom is 0.312 e. The molecule has 0 spiro atoms. The Morgan fingerprint density at radius 2 is 2.05 bits per heavy atom. The van der Waals surface area contributed by atoms with Crippen LogP contribution in [-0.4, -0.2) is 38.3 Å². The predicted molar refractivity (Wildman–Crippen MR) is 77.4 cm³/mol. The maximum absolute atomic E-state index is 12.4. The normalized spacial score (nSPS) is 11.6. The molecule has 7 nitrogen and oxygen atoms in total. The third kappa shape index (κ3) is 3.26. The summed E-state index contributed by atoms with van der Waals surface area (Å²) < 4.78 is 26.0. The Morgan fingerprint density at radius 1 is 1.40 bits per heavy atom. The van der Waals surface area contributed by atoms with Gasteiger partial charge in [0.2, 0.25) is 10.0 Å². The summed E-state index contributed by atoms with van der Waals surface area (Å²) in [4.78, 5) is 10.2. The number of nitrogens with zero attached hydrogens (tertiary/aromatic N) is 2. The average molecular weight is 301 g/mol. The van der Waals surface area contributed by atoms with E-state index in [4.69, 9.17) is 0 Å². The SMILES string of the molecule is CCCCN(C)S(=O)(=O)c1cccc(NC)c1[N+](=O)[O-]. The Morgan fingerprint density at radius 3 is 2.55 bits per heavy atom. The minimum Gasteiger partial charge on any atom is -0.383 e. The smallest absolute Gasteiger partial charge is 0.312 e. The van der Waals surface area contributed by atoms with Gasteiger partial charge < -0.3 is 5.32 Å². The zero-order valence-corrected chi connectivity index (χ0v) is 12.6. The number of nitrogens with one attached hydrogen (secondary N) is 1. The van der Waals surface area contributed by atoms with E-state index in [0.29, 0.717) is 13.0 Å². The molecule has 1 aromatic carbocycles. The van der Waals surface area contributed by atoms with Gasteiger partial charge in [-0.25, -0.2) is 12.7 Å². The molecule has 0 unspecified atom stereocenters. The van der Waals surface area contributed by atoms with E-state index in [0.717, 1.165) is 10.7 Å². The lowest BCUT2D eigenvalue weighted by Crippen LogP contribution is -2.28. The van der Waals surface area contributed by atoms with Gasteiger partial charge in [-0.15, -0.1) is 0 Å². The van der Waals surface area contributed by atoms with Crippen molar-refractivity contribution in [3.8, 4) is 0 Å². The molecule has 0 aromatic heterocycles. The van der Waals surface area contributed by atoms with Gasteiger partial charge in [0, 0.05) is 20.6 Å². The Kier molecular flexibility index (Phi) is 5.46. The molecule has 0 bridgehead atoms. The molecule has 0 aliphatic carbocycles. The molecule has 0 fully saturated rings. The molecule has 20 heavy (non-hydrogen) atoms. The van der Waals surface area contributed by atoms with Crippen molar-refractivity contribution in [1.82, 2.24) is 4.31 Å². The highest BCUT2D eigenvalue weighted by molar-refractivity contribution is 7.89. The second-order valence-electron chi connectivity index (χ2n) is 4.34. The summed E-state index contributed by atoms with van der Waals surface area (Å²) in [6, 6.07) is 4.22. The van der Waals surface area contributed by atoms with E-state index >= 15 is 0 Å². The van der Waals surface area contributed by atoms with E-state index in [1.807, 2.05) is 6.92 Å². The van der Waals surface area contributed by atoms with Gasteiger partial charge in [-0.3, -0.25) is 10.1 Å². The molecule has 0 atom stereocenters. The van der Waals surface area contributed by atoms with Crippen LogP contribution in [0.1, 0.15) is 19.8 Å². The van der Waals surface area contributed by atoms with Crippen LogP contribution < -0.4 is 5.32 Å². The van der Waals surface area contributed by atoms with Crippen molar-refractivity contribution in [3.63, 3.8) is 0 Å². The standard InChI is InChI=1S/C12H19N3O4S/c1-4-5-9-14(3)20(18,19)11-8-6-7-10(13-2)12(11)15(16)17/h6-8,13H,4-5,9H2,1-3H3. The lowest BCUT2D eigenvalue weighted by atomic mass is 10.3. The topological polar surface area (TPSA) is 92.6 Å². The van der Waals surface area contributed by atoms with E-state index < -0.39 is 20.6 Å². The summed E-state index contributed by atoms with van der Waals surface area (Å²) in [6.07, 6.45) is 1.55. The number of para-hydroxylation sites is 1. The maximum atomic E-state index is 12.4. The molecule has 8 heteroatoms. The molecule has 1 rings (SSSR count). The first-order valence-electron chi connectivity index (χ1n) is 6.27. The molecular weight excluding hydrogens is 282 g/mol. The molecule has 0 saturated heterocycles. The van der Waals surface area contributed by atoms with Gasteiger partial charge >= 0.3 is 5.69 Å². The first-order valence-corrected chi connectivity index (χ1v) is 7.71. The summed E-state index contributed by atoms with van der Waals surface area (Å²) in [7, 11) is -0.923. The average Bonchev–Trinajstić information content (AvgIpc) is 2.43. The van der Waals surface area contributed by atoms with Crippen molar-refractivity contribution in [2.24, 2.45) is 0 Å². The summed E-state index contributed by atoms with van der Waals surface area (Å²) in [5.41, 5.74) is -0.238. The molecule has 0 amide bonds. The molecule has 1 N–H and O–H groups in total. The molecule has 0 heterocycles. The van der Waals surface area contributed by atoms with Crippen LogP contribution in [0.4, 0.5) is 11.4 Å². The van der Waals surface area contributed by atoms with Gasteiger partial charge in [-0.2, -0.15) is 0 Å². The lowest BCUT2D eigenvalue weighted by Gasteiger charge is -2.17. The number of nitro groups is 1. The Hall–Kier alpha value is -1.67. The second-order valence-corrected chi connectivity index (χ2v) is 6.35. The van der Waals surface area contributed by atoms with Gasteiger partial charge in [0.05, 0.1) is 4.92 Å². The third-order valence-corrected chi connectivity index (χ3v) is 4.85. The van der Waals surface area contributed by atoms with Crippen molar-refractivity contribution in [1.29, 1.82) is 0 Å². The van der Waals surface area contributed by atoms with Gasteiger partial charge in [-0.05, 0) is 18.6 Å². The summed E-state index contributed by atoms with van der Waals surface area (Å²) in [6.45, 7) is 2.28. The summed E-state index contributed by atoms with van der Waals surface area (Å²) in [5, 5.41) is 13.8. The molecular formula is C12H19N3O4S. The van der Waals surface area contributed by atoms with Crippen LogP contribution in [0.15, 0.2) is 23.1 Å². The van der Waals surface area contributed by atoms with Crippen molar-refractivity contribution < 1.29 is 13.3 Å². The predicted octanol–water partition coefficient (Wildman–Crippen LogP) is 2.06. The quantitative estimate of drug-likeness (QED) is 0.614. The van der Waals surface area contributed by atoms with Crippen LogP contribution in [0, 0.1) is 10.1 Å². The van der Waals surface area contributed by atoms with Crippen LogP contribution >= 0.6 is 0 Å². The van der Waals surface area contributed by atoms with Gasteiger partial charge in [0.25, 0.3) is 0 Å². The lowest BCUT2D eigenvalue weighted by molar-refractivity contribution is -0.386. The fourth-order valence-corrected chi connectivity index (χ4v) is 3.17. The monoisotopic (exact) mass is 301 g/mol. The van der Waals surface area contributed by atoms with E-state index in [9.17, 15) is 18.5 Å². The van der Waals surface area contributed by atoms with Crippen LogP contribution in [0.5, 0.6) is 0 Å². The van der Waals surface area contributed by atoms with Crippen molar-refractivity contribution in [2.75, 3.05) is 26.0 Å². The zero-order valence-electron chi connectivity index (χ0n) is 11.8. The van der Waals surface area contributed by atoms with Crippen LogP contribution in [-0.2, 0) is 10.0 Å². The van der Waals surface area contributed by atoms with Crippen molar-refractivity contribution in [2.45, 2.75) is 24.7 Å². The number of benzene rings is 1. The number of rotatable bonds is 7. The van der Waals surface area contributed by atoms with E-state index in [2.05, 4.69) is 5.32 Å². The summed E-state index contributed by atoms with van der Waals surface area (Å²) in [5.74, 6) is 0. The first-order chi connectivity index (χ1) is 9.36. The third-order valence-electron chi connectivity index (χ3n) is 2.97. The molecule has 0 aliphatic heterocycles. The minimum atomic E-state index is -3.87. The minimum absolute atomic E-state index is 0.181. The number of nitro benzene ring substituents is 1. The number of hydrogen-bond donors (Lipinski definition) is 1. The summed E-state index contributed by atoms with van der Waals surface area (Å²) >= 11 is 0. The van der Waals surface area contributed by atoms with Gasteiger partial charge in [0.15, 0.2) is 4.90 Å². The van der Waals surface area contributed by atoms with Gasteiger partial charge in [-0.1, -0.05) is 19.4 Å². The Bertz CT molecular complexity index is 586. The fourth-order valence-electron chi connectivity index (χ4n) is 1.79. The highest BCUT2D eigenvalue weighted by Gasteiger charge is 2.31. The molecule has 1 aromatic rings. The van der Waals surface area contributed by atoms with Crippen LogP contribution in [0.3, 0.4) is 0 Å². The number of anilines is 1. The molecule has 112 valence electrons.